The van der Waals surface area contributed by atoms with Gasteiger partial charge in [0.05, 0.1) is 11.8 Å². The first kappa shape index (κ1) is 13.0. The smallest absolute Gasteiger partial charge is 0.252 e. The SMILES string of the molecule is CN1C(=O)CC(NC(=O)C2(C)CCCNC2)C1=O. The zero-order valence-corrected chi connectivity index (χ0v) is 10.8. The first-order chi connectivity index (χ1) is 8.44. The molecule has 2 aliphatic rings. The Bertz CT molecular complexity index is 388. The van der Waals surface area contributed by atoms with Crippen molar-refractivity contribution in [2.75, 3.05) is 20.1 Å². The van der Waals surface area contributed by atoms with E-state index in [0.717, 1.165) is 24.3 Å². The molecule has 6 nitrogen and oxygen atoms in total. The Morgan fingerprint density at radius 1 is 1.50 bits per heavy atom. The number of likely N-dealkylation sites (tertiary alicyclic amines) is 1. The molecule has 0 spiro atoms. The van der Waals surface area contributed by atoms with Gasteiger partial charge in [-0.1, -0.05) is 0 Å². The van der Waals surface area contributed by atoms with Crippen LogP contribution in [0.3, 0.4) is 0 Å². The minimum Gasteiger partial charge on any atom is -0.343 e. The Balaban J connectivity index is 1.99. The molecular formula is C12H19N3O3. The summed E-state index contributed by atoms with van der Waals surface area (Å²) >= 11 is 0. The van der Waals surface area contributed by atoms with Crippen molar-refractivity contribution in [1.29, 1.82) is 0 Å². The second-order valence-corrected chi connectivity index (χ2v) is 5.36. The number of piperidine rings is 1. The lowest BCUT2D eigenvalue weighted by Gasteiger charge is -2.33. The van der Waals surface area contributed by atoms with Crippen LogP contribution in [0.5, 0.6) is 0 Å². The third kappa shape index (κ3) is 2.25. The monoisotopic (exact) mass is 253 g/mol. The second-order valence-electron chi connectivity index (χ2n) is 5.36. The maximum atomic E-state index is 12.2. The van der Waals surface area contributed by atoms with Gasteiger partial charge in [-0.3, -0.25) is 19.3 Å². The molecule has 2 fully saturated rings. The molecule has 2 rings (SSSR count). The van der Waals surface area contributed by atoms with E-state index in [4.69, 9.17) is 0 Å². The third-order valence-electron chi connectivity index (χ3n) is 3.83. The van der Waals surface area contributed by atoms with E-state index in [1.807, 2.05) is 6.92 Å². The lowest BCUT2D eigenvalue weighted by atomic mass is 9.81. The van der Waals surface area contributed by atoms with Gasteiger partial charge in [-0.05, 0) is 26.3 Å². The summed E-state index contributed by atoms with van der Waals surface area (Å²) in [6.07, 6.45) is 1.82. The molecule has 0 radical (unpaired) electrons. The molecule has 2 heterocycles. The molecule has 0 bridgehead atoms. The molecule has 100 valence electrons. The molecule has 2 saturated heterocycles. The molecule has 2 unspecified atom stereocenters. The highest BCUT2D eigenvalue weighted by Gasteiger charge is 2.41. The van der Waals surface area contributed by atoms with Gasteiger partial charge < -0.3 is 10.6 Å². The maximum absolute atomic E-state index is 12.2. The number of hydrogen-bond acceptors (Lipinski definition) is 4. The average Bonchev–Trinajstić information content (AvgIpc) is 2.58. The summed E-state index contributed by atoms with van der Waals surface area (Å²) in [4.78, 5) is 36.4. The van der Waals surface area contributed by atoms with Gasteiger partial charge in [0.2, 0.25) is 11.8 Å². The molecule has 2 aliphatic heterocycles. The maximum Gasteiger partial charge on any atom is 0.252 e. The van der Waals surface area contributed by atoms with Crippen molar-refractivity contribution in [2.45, 2.75) is 32.2 Å². The molecular weight excluding hydrogens is 234 g/mol. The van der Waals surface area contributed by atoms with Crippen molar-refractivity contribution in [1.82, 2.24) is 15.5 Å². The first-order valence-corrected chi connectivity index (χ1v) is 6.26. The number of nitrogens with one attached hydrogen (secondary N) is 2. The molecule has 0 aromatic rings. The van der Waals surface area contributed by atoms with Gasteiger partial charge in [0, 0.05) is 13.6 Å². The normalized spacial score (nSPS) is 32.8. The van der Waals surface area contributed by atoms with E-state index < -0.39 is 11.5 Å². The quantitative estimate of drug-likeness (QED) is 0.635. The van der Waals surface area contributed by atoms with Crippen LogP contribution in [0.1, 0.15) is 26.2 Å². The number of amides is 3. The van der Waals surface area contributed by atoms with Crippen molar-refractivity contribution < 1.29 is 14.4 Å². The highest BCUT2D eigenvalue weighted by Crippen LogP contribution is 2.26. The van der Waals surface area contributed by atoms with Crippen LogP contribution in [0.4, 0.5) is 0 Å². The number of rotatable bonds is 2. The lowest BCUT2D eigenvalue weighted by molar-refractivity contribution is -0.139. The van der Waals surface area contributed by atoms with E-state index in [-0.39, 0.29) is 24.1 Å². The second kappa shape index (κ2) is 4.68. The van der Waals surface area contributed by atoms with Gasteiger partial charge in [0.15, 0.2) is 0 Å². The summed E-state index contributed by atoms with van der Waals surface area (Å²) in [6, 6.07) is -0.686. The van der Waals surface area contributed by atoms with E-state index in [0.29, 0.717) is 6.54 Å². The van der Waals surface area contributed by atoms with Crippen molar-refractivity contribution in [3.63, 3.8) is 0 Å². The molecule has 3 amide bonds. The minimum absolute atomic E-state index is 0.0740. The van der Waals surface area contributed by atoms with Crippen molar-refractivity contribution in [2.24, 2.45) is 5.41 Å². The van der Waals surface area contributed by atoms with Gasteiger partial charge in [-0.15, -0.1) is 0 Å². The van der Waals surface area contributed by atoms with Crippen molar-refractivity contribution in [3.05, 3.63) is 0 Å². The highest BCUT2D eigenvalue weighted by atomic mass is 16.2. The largest absolute Gasteiger partial charge is 0.343 e. The molecule has 0 saturated carbocycles. The summed E-state index contributed by atoms with van der Waals surface area (Å²) in [7, 11) is 1.45. The zero-order chi connectivity index (χ0) is 13.3. The van der Waals surface area contributed by atoms with Crippen LogP contribution in [0.15, 0.2) is 0 Å². The van der Waals surface area contributed by atoms with Crippen molar-refractivity contribution in [3.8, 4) is 0 Å². The molecule has 0 aliphatic carbocycles. The van der Waals surface area contributed by atoms with E-state index >= 15 is 0 Å². The fourth-order valence-corrected chi connectivity index (χ4v) is 2.45. The Morgan fingerprint density at radius 2 is 2.22 bits per heavy atom. The van der Waals surface area contributed by atoms with Crippen LogP contribution < -0.4 is 10.6 Å². The Kier molecular flexibility index (Phi) is 3.38. The average molecular weight is 253 g/mol. The number of imide groups is 1. The zero-order valence-electron chi connectivity index (χ0n) is 10.8. The van der Waals surface area contributed by atoms with Crippen LogP contribution >= 0.6 is 0 Å². The minimum atomic E-state index is -0.686. The topological polar surface area (TPSA) is 78.5 Å². The summed E-state index contributed by atoms with van der Waals surface area (Å²) < 4.78 is 0. The molecule has 18 heavy (non-hydrogen) atoms. The fraction of sp³-hybridized carbons (Fsp3) is 0.750. The summed E-state index contributed by atoms with van der Waals surface area (Å²) in [6.45, 7) is 3.43. The molecule has 2 N–H and O–H groups in total. The molecule has 0 aromatic carbocycles. The van der Waals surface area contributed by atoms with Crippen molar-refractivity contribution >= 4 is 17.7 Å². The van der Waals surface area contributed by atoms with Crippen LogP contribution in [-0.4, -0.2) is 48.8 Å². The molecule has 6 heteroatoms. The Hall–Kier alpha value is -1.43. The summed E-state index contributed by atoms with van der Waals surface area (Å²) in [5.74, 6) is -0.700. The first-order valence-electron chi connectivity index (χ1n) is 6.26. The molecule has 2 atom stereocenters. The predicted octanol–water partition coefficient (Wildman–Crippen LogP) is -0.750. The summed E-state index contributed by atoms with van der Waals surface area (Å²) in [5, 5.41) is 5.90. The third-order valence-corrected chi connectivity index (χ3v) is 3.83. The number of carbonyl (C=O) groups is 3. The van der Waals surface area contributed by atoms with Gasteiger partial charge in [-0.25, -0.2) is 0 Å². The van der Waals surface area contributed by atoms with Crippen LogP contribution in [0.25, 0.3) is 0 Å². The summed E-state index contributed by atoms with van der Waals surface area (Å²) in [5.41, 5.74) is -0.483. The highest BCUT2D eigenvalue weighted by molar-refractivity contribution is 6.06. The fourth-order valence-electron chi connectivity index (χ4n) is 2.45. The van der Waals surface area contributed by atoms with Crippen LogP contribution in [-0.2, 0) is 14.4 Å². The van der Waals surface area contributed by atoms with Crippen LogP contribution in [0, 0.1) is 5.41 Å². The number of nitrogens with zero attached hydrogens (tertiary/aromatic N) is 1. The predicted molar refractivity (Wildman–Crippen MR) is 64.5 cm³/mol. The van der Waals surface area contributed by atoms with E-state index in [2.05, 4.69) is 10.6 Å². The number of hydrogen-bond donors (Lipinski definition) is 2. The Labute approximate surface area is 106 Å². The molecule has 0 aromatic heterocycles. The van der Waals surface area contributed by atoms with E-state index in [9.17, 15) is 14.4 Å². The standard InChI is InChI=1S/C12H19N3O3/c1-12(4-3-5-13-7-12)11(18)14-8-6-9(16)15(2)10(8)17/h8,13H,3-7H2,1-2H3,(H,14,18). The van der Waals surface area contributed by atoms with E-state index in [1.54, 1.807) is 0 Å². The number of carbonyl (C=O) groups excluding carboxylic acids is 3. The Morgan fingerprint density at radius 3 is 2.72 bits per heavy atom. The lowest BCUT2D eigenvalue weighted by Crippen LogP contribution is -2.52. The van der Waals surface area contributed by atoms with Gasteiger partial charge in [0.1, 0.15) is 6.04 Å². The van der Waals surface area contributed by atoms with E-state index in [1.165, 1.54) is 7.05 Å². The number of likely N-dealkylation sites (N-methyl/N-ethyl adjacent to an activating group) is 1. The van der Waals surface area contributed by atoms with Gasteiger partial charge in [-0.2, -0.15) is 0 Å². The van der Waals surface area contributed by atoms with Gasteiger partial charge >= 0.3 is 0 Å². The van der Waals surface area contributed by atoms with Crippen LogP contribution in [0.2, 0.25) is 0 Å². The van der Waals surface area contributed by atoms with Gasteiger partial charge in [0.25, 0.3) is 5.91 Å².